The fourth-order valence-electron chi connectivity index (χ4n) is 1.37. The first-order valence-corrected chi connectivity index (χ1v) is 5.68. The van der Waals surface area contributed by atoms with Gasteiger partial charge < -0.3 is 0 Å². The van der Waals surface area contributed by atoms with Gasteiger partial charge in [-0.05, 0) is 0 Å². The van der Waals surface area contributed by atoms with Crippen molar-refractivity contribution in [1.29, 1.82) is 0 Å². The summed E-state index contributed by atoms with van der Waals surface area (Å²) in [4.78, 5) is 21.4. The molecule has 0 aromatic carbocycles. The van der Waals surface area contributed by atoms with Gasteiger partial charge in [-0.2, -0.15) is 65.9 Å². The first kappa shape index (κ1) is 26.0. The van der Waals surface area contributed by atoms with E-state index in [2.05, 4.69) is 0 Å². The summed E-state index contributed by atoms with van der Waals surface area (Å²) in [5.41, 5.74) is -7.97. The third kappa shape index (κ3) is 3.51. The molecular formula is C10F16O2. The van der Waals surface area contributed by atoms with E-state index < -0.39 is 59.3 Å². The molecule has 0 spiro atoms. The Morgan fingerprint density at radius 2 is 0.893 bits per heavy atom. The van der Waals surface area contributed by atoms with E-state index in [1.165, 1.54) is 0 Å². The monoisotopic (exact) mass is 456 g/mol. The van der Waals surface area contributed by atoms with Crippen LogP contribution in [-0.4, -0.2) is 47.4 Å². The van der Waals surface area contributed by atoms with Gasteiger partial charge in [-0.3, -0.25) is 9.59 Å². The molecule has 0 fully saturated rings. The summed E-state index contributed by atoms with van der Waals surface area (Å²) in [7, 11) is 0. The highest BCUT2D eigenvalue weighted by molar-refractivity contribution is 6.07. The van der Waals surface area contributed by atoms with E-state index in [1.54, 1.807) is 0 Å². The molecule has 0 rings (SSSR count). The van der Waals surface area contributed by atoms with Crippen molar-refractivity contribution in [2.75, 3.05) is 0 Å². The lowest BCUT2D eigenvalue weighted by atomic mass is 9.83. The van der Waals surface area contributed by atoms with Crippen molar-refractivity contribution in [1.82, 2.24) is 0 Å². The summed E-state index contributed by atoms with van der Waals surface area (Å²) in [5.74, 6) is -37.9. The Morgan fingerprint density at radius 3 is 1.14 bits per heavy atom. The summed E-state index contributed by atoms with van der Waals surface area (Å²) >= 11 is 0. The van der Waals surface area contributed by atoms with Gasteiger partial charge in [-0.25, -0.2) is 4.39 Å². The number of ketones is 2. The molecule has 0 heterocycles. The van der Waals surface area contributed by atoms with Crippen molar-refractivity contribution in [3.63, 3.8) is 0 Å². The van der Waals surface area contributed by atoms with E-state index >= 15 is 0 Å². The fraction of sp³-hybridized carbons (Fsp3) is 0.600. The minimum absolute atomic E-state index is 4.19. The van der Waals surface area contributed by atoms with Gasteiger partial charge in [-0.1, -0.05) is 0 Å². The highest BCUT2D eigenvalue weighted by atomic mass is 19.4. The topological polar surface area (TPSA) is 34.1 Å². The number of hydrogen-bond acceptors (Lipinski definition) is 2. The zero-order valence-corrected chi connectivity index (χ0v) is 11.9. The number of Topliss-reactive ketones (excluding diaryl/α,β-unsaturated/α-hetero) is 2. The third-order valence-corrected chi connectivity index (χ3v) is 2.82. The van der Waals surface area contributed by atoms with Crippen LogP contribution in [0.25, 0.3) is 0 Å². The summed E-state index contributed by atoms with van der Waals surface area (Å²) in [5, 5.41) is 0. The second kappa shape index (κ2) is 6.78. The van der Waals surface area contributed by atoms with Crippen LogP contribution in [0.2, 0.25) is 0 Å². The lowest BCUT2D eigenvalue weighted by Gasteiger charge is -2.36. The molecule has 0 N–H and O–H groups in total. The van der Waals surface area contributed by atoms with Crippen LogP contribution in [0, 0.1) is 0 Å². The van der Waals surface area contributed by atoms with Crippen molar-refractivity contribution in [3.05, 3.63) is 11.9 Å². The molecule has 0 amide bonds. The number of allylic oxidation sites excluding steroid dienone is 1. The lowest BCUT2D eigenvalue weighted by Crippen LogP contribution is -2.71. The molecule has 18 heteroatoms. The van der Waals surface area contributed by atoms with Crippen LogP contribution in [-0.2, 0) is 9.59 Å². The maximum atomic E-state index is 13.7. The van der Waals surface area contributed by atoms with Gasteiger partial charge in [0.05, 0.1) is 0 Å². The molecule has 0 aliphatic heterocycles. The zero-order chi connectivity index (χ0) is 23.3. The highest BCUT2D eigenvalue weighted by Crippen LogP contribution is 2.55. The maximum Gasteiger partial charge on any atom is 0.460 e. The first-order chi connectivity index (χ1) is 11.9. The summed E-state index contributed by atoms with van der Waals surface area (Å²) in [6.07, 6.45) is -19.7. The average Bonchev–Trinajstić information content (AvgIpc) is 2.48. The molecule has 0 aliphatic rings. The van der Waals surface area contributed by atoms with Gasteiger partial charge in [-0.15, -0.1) is 0 Å². The van der Waals surface area contributed by atoms with E-state index in [9.17, 15) is 79.8 Å². The Labute approximate surface area is 140 Å². The van der Waals surface area contributed by atoms with Gasteiger partial charge in [0.15, 0.2) is 0 Å². The molecule has 1 unspecified atom stereocenters. The molecule has 2 nitrogen and oxygen atoms in total. The van der Waals surface area contributed by atoms with Crippen LogP contribution >= 0.6 is 0 Å². The first-order valence-electron chi connectivity index (χ1n) is 5.68. The van der Waals surface area contributed by atoms with E-state index in [0.29, 0.717) is 0 Å². The molecule has 1 atom stereocenters. The van der Waals surface area contributed by atoms with Crippen molar-refractivity contribution < 1.29 is 79.8 Å². The standard InChI is InChI=1S/C10F16O2/c11-1(3(12)13)2(27)6(15,16)5(14,9(21,22)23)4(28)7(17,18)8(19,20)10(24,25)26. The normalized spacial score (nSPS) is 16.4. The predicted molar refractivity (Wildman–Crippen MR) is 51.2 cm³/mol. The molecule has 0 aromatic heterocycles. The van der Waals surface area contributed by atoms with Crippen LogP contribution in [0.4, 0.5) is 70.2 Å². The molecule has 0 radical (unpaired) electrons. The van der Waals surface area contributed by atoms with Gasteiger partial charge in [0.1, 0.15) is 0 Å². The molecule has 28 heavy (non-hydrogen) atoms. The van der Waals surface area contributed by atoms with Crippen LogP contribution in [0.1, 0.15) is 0 Å². The predicted octanol–water partition coefficient (Wildman–Crippen LogP) is 4.94. The molecule has 0 aliphatic carbocycles. The van der Waals surface area contributed by atoms with Crippen molar-refractivity contribution >= 4 is 11.6 Å². The number of alkyl halides is 13. The second-order valence-electron chi connectivity index (χ2n) is 4.61. The van der Waals surface area contributed by atoms with Crippen LogP contribution < -0.4 is 0 Å². The summed E-state index contributed by atoms with van der Waals surface area (Å²) in [6.45, 7) is 0. The fourth-order valence-corrected chi connectivity index (χ4v) is 1.37. The number of rotatable bonds is 6. The minimum Gasteiger partial charge on any atom is -0.288 e. The molecule has 0 bridgehead atoms. The molecule has 0 saturated heterocycles. The SMILES string of the molecule is O=C(C(F)=C(F)F)C(F)(F)C(F)(C(=O)C(F)(F)C(F)(F)C(F)(F)F)C(F)(F)F. The Kier molecular flexibility index (Phi) is 6.29. The van der Waals surface area contributed by atoms with Crippen molar-refractivity contribution in [3.8, 4) is 0 Å². The van der Waals surface area contributed by atoms with Gasteiger partial charge >= 0.3 is 41.9 Å². The number of halogens is 16. The third-order valence-electron chi connectivity index (χ3n) is 2.82. The Bertz CT molecular complexity index is 679. The van der Waals surface area contributed by atoms with Crippen LogP contribution in [0.5, 0.6) is 0 Å². The van der Waals surface area contributed by atoms with E-state index in [0.717, 1.165) is 0 Å². The molecule has 0 saturated carbocycles. The largest absolute Gasteiger partial charge is 0.460 e. The average molecular weight is 456 g/mol. The second-order valence-corrected chi connectivity index (χ2v) is 4.61. The smallest absolute Gasteiger partial charge is 0.288 e. The van der Waals surface area contributed by atoms with E-state index in [4.69, 9.17) is 0 Å². The number of carbonyl (C=O) groups is 2. The Morgan fingerprint density at radius 1 is 0.536 bits per heavy atom. The lowest BCUT2D eigenvalue weighted by molar-refractivity contribution is -0.353. The Balaban J connectivity index is 6.92. The zero-order valence-electron chi connectivity index (χ0n) is 11.9. The van der Waals surface area contributed by atoms with Crippen LogP contribution in [0.15, 0.2) is 11.9 Å². The van der Waals surface area contributed by atoms with Crippen molar-refractivity contribution in [2.24, 2.45) is 0 Å². The summed E-state index contributed by atoms with van der Waals surface area (Å²) < 4.78 is 200. The van der Waals surface area contributed by atoms with E-state index in [-0.39, 0.29) is 0 Å². The van der Waals surface area contributed by atoms with Gasteiger partial charge in [0.2, 0.25) is 5.83 Å². The molecule has 164 valence electrons. The van der Waals surface area contributed by atoms with E-state index in [1.807, 2.05) is 0 Å². The number of carbonyl (C=O) groups excluding carboxylic acids is 2. The number of hydrogen-bond donors (Lipinski definition) is 0. The molecule has 0 aromatic rings. The highest BCUT2D eigenvalue weighted by Gasteiger charge is 2.88. The maximum absolute atomic E-state index is 13.7. The quantitative estimate of drug-likeness (QED) is 0.420. The summed E-state index contributed by atoms with van der Waals surface area (Å²) in [6, 6.07) is 0. The Hall–Kier alpha value is -2.04. The molecular weight excluding hydrogens is 456 g/mol. The minimum atomic E-state index is -7.97. The van der Waals surface area contributed by atoms with Crippen molar-refractivity contribution in [2.45, 2.75) is 35.8 Å². The van der Waals surface area contributed by atoms with Gasteiger partial charge in [0, 0.05) is 0 Å². The van der Waals surface area contributed by atoms with Gasteiger partial charge in [0.25, 0.3) is 11.6 Å². The van der Waals surface area contributed by atoms with Crippen LogP contribution in [0.3, 0.4) is 0 Å².